The molecule has 0 radical (unpaired) electrons. The highest BCUT2D eigenvalue weighted by Gasteiger charge is 2.46. The molecule has 17 heavy (non-hydrogen) atoms. The van der Waals surface area contributed by atoms with Crippen LogP contribution in [0.2, 0.25) is 0 Å². The molecule has 1 heterocycles. The molecule has 1 saturated carbocycles. The Morgan fingerprint density at radius 1 is 1.47 bits per heavy atom. The van der Waals surface area contributed by atoms with Crippen molar-refractivity contribution in [2.75, 3.05) is 32.8 Å². The number of morpholine rings is 1. The van der Waals surface area contributed by atoms with Crippen LogP contribution < -0.4 is 5.32 Å². The predicted octanol–water partition coefficient (Wildman–Crippen LogP) is 1.70. The number of halogens is 1. The Hall–Kier alpha value is 0.170. The first-order valence-corrected chi connectivity index (χ1v) is 7.19. The third-order valence-corrected chi connectivity index (χ3v) is 5.15. The van der Waals surface area contributed by atoms with E-state index in [4.69, 9.17) is 16.3 Å². The lowest BCUT2D eigenvalue weighted by molar-refractivity contribution is -0.0314. The number of rotatable bonds is 4. The summed E-state index contributed by atoms with van der Waals surface area (Å²) >= 11 is 6.22. The molecule has 3 atom stereocenters. The SMILES string of the molecule is CCN1CCOC(CNC2CC(Cl)C2(C)C)C1. The lowest BCUT2D eigenvalue weighted by atomic mass is 9.67. The molecular formula is C13H25ClN2O. The number of nitrogens with zero attached hydrogens (tertiary/aromatic N) is 1. The van der Waals surface area contributed by atoms with Crippen molar-refractivity contribution in [3.63, 3.8) is 0 Å². The Bertz CT molecular complexity index is 260. The summed E-state index contributed by atoms with van der Waals surface area (Å²) in [5.74, 6) is 0. The highest BCUT2D eigenvalue weighted by molar-refractivity contribution is 6.21. The summed E-state index contributed by atoms with van der Waals surface area (Å²) in [6, 6.07) is 0.547. The zero-order valence-corrected chi connectivity index (χ0v) is 12.0. The summed E-state index contributed by atoms with van der Waals surface area (Å²) in [4.78, 5) is 2.45. The van der Waals surface area contributed by atoms with E-state index in [0.29, 0.717) is 17.5 Å². The van der Waals surface area contributed by atoms with Crippen LogP contribution in [0.25, 0.3) is 0 Å². The van der Waals surface area contributed by atoms with Gasteiger partial charge in [0.05, 0.1) is 12.7 Å². The molecule has 0 aromatic rings. The summed E-state index contributed by atoms with van der Waals surface area (Å²) < 4.78 is 5.79. The van der Waals surface area contributed by atoms with E-state index < -0.39 is 0 Å². The fourth-order valence-electron chi connectivity index (χ4n) is 2.68. The number of likely N-dealkylation sites (N-methyl/N-ethyl adjacent to an activating group) is 1. The van der Waals surface area contributed by atoms with Crippen LogP contribution in [0.1, 0.15) is 27.2 Å². The molecule has 0 spiro atoms. The van der Waals surface area contributed by atoms with Crippen LogP contribution in [0.15, 0.2) is 0 Å². The summed E-state index contributed by atoms with van der Waals surface area (Å²) in [5.41, 5.74) is 0.223. The molecule has 2 rings (SSSR count). The van der Waals surface area contributed by atoms with Crippen LogP contribution >= 0.6 is 11.6 Å². The average Bonchev–Trinajstić information content (AvgIpc) is 2.34. The molecule has 0 aromatic carbocycles. The van der Waals surface area contributed by atoms with E-state index in [2.05, 4.69) is 31.0 Å². The fourth-order valence-corrected chi connectivity index (χ4v) is 3.01. The molecule has 1 N–H and O–H groups in total. The molecule has 0 bridgehead atoms. The van der Waals surface area contributed by atoms with Gasteiger partial charge < -0.3 is 10.1 Å². The monoisotopic (exact) mass is 260 g/mol. The first-order chi connectivity index (χ1) is 8.04. The Labute approximate surface area is 110 Å². The van der Waals surface area contributed by atoms with E-state index in [1.54, 1.807) is 0 Å². The molecule has 100 valence electrons. The maximum absolute atomic E-state index is 6.22. The highest BCUT2D eigenvalue weighted by Crippen LogP contribution is 2.44. The predicted molar refractivity (Wildman–Crippen MR) is 71.7 cm³/mol. The Morgan fingerprint density at radius 2 is 2.24 bits per heavy atom. The number of nitrogens with one attached hydrogen (secondary N) is 1. The Kier molecular flexibility index (Phi) is 4.35. The number of hydrogen-bond acceptors (Lipinski definition) is 3. The summed E-state index contributed by atoms with van der Waals surface area (Å²) in [6.45, 7) is 11.8. The van der Waals surface area contributed by atoms with Gasteiger partial charge in [-0.05, 0) is 18.4 Å². The molecule has 2 fully saturated rings. The van der Waals surface area contributed by atoms with Gasteiger partial charge in [0.2, 0.25) is 0 Å². The van der Waals surface area contributed by atoms with Crippen molar-refractivity contribution < 1.29 is 4.74 Å². The highest BCUT2D eigenvalue weighted by atomic mass is 35.5. The van der Waals surface area contributed by atoms with Crippen molar-refractivity contribution in [3.8, 4) is 0 Å². The molecule has 3 nitrogen and oxygen atoms in total. The summed E-state index contributed by atoms with van der Waals surface area (Å²) in [5, 5.41) is 3.94. The topological polar surface area (TPSA) is 24.5 Å². The smallest absolute Gasteiger partial charge is 0.0826 e. The largest absolute Gasteiger partial charge is 0.374 e. The van der Waals surface area contributed by atoms with E-state index in [9.17, 15) is 0 Å². The molecule has 1 aliphatic heterocycles. The van der Waals surface area contributed by atoms with Gasteiger partial charge in [0.1, 0.15) is 0 Å². The van der Waals surface area contributed by atoms with Gasteiger partial charge in [-0.3, -0.25) is 4.90 Å². The summed E-state index contributed by atoms with van der Waals surface area (Å²) in [7, 11) is 0. The van der Waals surface area contributed by atoms with E-state index in [-0.39, 0.29) is 5.41 Å². The Balaban J connectivity index is 1.72. The van der Waals surface area contributed by atoms with Crippen molar-refractivity contribution >= 4 is 11.6 Å². The van der Waals surface area contributed by atoms with E-state index in [1.807, 2.05) is 0 Å². The van der Waals surface area contributed by atoms with E-state index >= 15 is 0 Å². The third kappa shape index (κ3) is 2.95. The molecule has 1 aliphatic carbocycles. The van der Waals surface area contributed by atoms with Gasteiger partial charge in [0.25, 0.3) is 0 Å². The minimum absolute atomic E-state index is 0.223. The maximum atomic E-state index is 6.22. The van der Waals surface area contributed by atoms with Gasteiger partial charge >= 0.3 is 0 Å². The minimum Gasteiger partial charge on any atom is -0.374 e. The van der Waals surface area contributed by atoms with Crippen LogP contribution in [-0.4, -0.2) is 55.2 Å². The van der Waals surface area contributed by atoms with Crippen LogP contribution in [0.4, 0.5) is 0 Å². The van der Waals surface area contributed by atoms with Gasteiger partial charge in [-0.1, -0.05) is 20.8 Å². The molecule has 2 aliphatic rings. The Morgan fingerprint density at radius 3 is 2.82 bits per heavy atom. The molecule has 3 unspecified atom stereocenters. The molecule has 4 heteroatoms. The van der Waals surface area contributed by atoms with Gasteiger partial charge in [0, 0.05) is 31.1 Å². The second kappa shape index (κ2) is 5.43. The normalized spacial score (nSPS) is 37.8. The van der Waals surface area contributed by atoms with Crippen molar-refractivity contribution in [3.05, 3.63) is 0 Å². The van der Waals surface area contributed by atoms with Crippen molar-refractivity contribution in [1.82, 2.24) is 10.2 Å². The standard InChI is InChI=1S/C13H25ClN2O/c1-4-16-5-6-17-10(9-16)8-15-12-7-11(14)13(12,2)3/h10-12,15H,4-9H2,1-3H3. The van der Waals surface area contributed by atoms with Crippen molar-refractivity contribution in [2.24, 2.45) is 5.41 Å². The minimum atomic E-state index is 0.223. The molecule has 0 amide bonds. The third-order valence-electron chi connectivity index (χ3n) is 4.41. The van der Waals surface area contributed by atoms with Crippen LogP contribution in [0.3, 0.4) is 0 Å². The van der Waals surface area contributed by atoms with Gasteiger partial charge in [-0.15, -0.1) is 11.6 Å². The lowest BCUT2D eigenvalue weighted by Crippen LogP contribution is -2.60. The second-order valence-corrected chi connectivity index (χ2v) is 6.40. The first kappa shape index (κ1) is 13.6. The molecular weight excluding hydrogens is 236 g/mol. The number of ether oxygens (including phenoxy) is 1. The zero-order chi connectivity index (χ0) is 12.5. The van der Waals surface area contributed by atoms with Gasteiger partial charge in [-0.2, -0.15) is 0 Å². The quantitative estimate of drug-likeness (QED) is 0.779. The van der Waals surface area contributed by atoms with Gasteiger partial charge in [-0.25, -0.2) is 0 Å². The lowest BCUT2D eigenvalue weighted by Gasteiger charge is -2.50. The van der Waals surface area contributed by atoms with Crippen LogP contribution in [0, 0.1) is 5.41 Å². The maximum Gasteiger partial charge on any atom is 0.0826 e. The average molecular weight is 261 g/mol. The molecule has 0 aromatic heterocycles. The molecule has 1 saturated heterocycles. The number of alkyl halides is 1. The zero-order valence-electron chi connectivity index (χ0n) is 11.2. The van der Waals surface area contributed by atoms with Gasteiger partial charge in [0.15, 0.2) is 0 Å². The summed E-state index contributed by atoms with van der Waals surface area (Å²) in [6.07, 6.45) is 1.42. The fraction of sp³-hybridized carbons (Fsp3) is 1.00. The van der Waals surface area contributed by atoms with E-state index in [1.165, 1.54) is 0 Å². The first-order valence-electron chi connectivity index (χ1n) is 6.75. The van der Waals surface area contributed by atoms with Crippen LogP contribution in [0.5, 0.6) is 0 Å². The number of hydrogen-bond donors (Lipinski definition) is 1. The van der Waals surface area contributed by atoms with Crippen molar-refractivity contribution in [1.29, 1.82) is 0 Å². The van der Waals surface area contributed by atoms with Crippen LogP contribution in [-0.2, 0) is 4.74 Å². The van der Waals surface area contributed by atoms with Crippen molar-refractivity contribution in [2.45, 2.75) is 44.7 Å². The van der Waals surface area contributed by atoms with E-state index in [0.717, 1.165) is 39.2 Å². The second-order valence-electron chi connectivity index (χ2n) is 5.87.